The van der Waals surface area contributed by atoms with Gasteiger partial charge in [0, 0.05) is 24.4 Å². The number of imide groups is 2. The Morgan fingerprint density at radius 3 is 2.53 bits per heavy atom. The molecule has 6 rings (SSSR count). The van der Waals surface area contributed by atoms with Gasteiger partial charge in [-0.05, 0) is 62.8 Å². The molecule has 2 N–H and O–H groups in total. The maximum Gasteiger partial charge on any atom is 0.303 e. The van der Waals surface area contributed by atoms with Crippen LogP contribution >= 0.6 is 11.6 Å². The van der Waals surface area contributed by atoms with E-state index in [0.717, 1.165) is 16.5 Å². The molecule has 0 spiro atoms. The van der Waals surface area contributed by atoms with Gasteiger partial charge in [-0.3, -0.25) is 28.9 Å². The van der Waals surface area contributed by atoms with Gasteiger partial charge >= 0.3 is 5.97 Å². The number of aliphatic carboxylic acids is 1. The zero-order valence-corrected chi connectivity index (χ0v) is 26.6. The average molecular weight is 667 g/mol. The summed E-state index contributed by atoms with van der Waals surface area (Å²) in [5.41, 5.74) is 0.215. The lowest BCUT2D eigenvalue weighted by Crippen LogP contribution is -2.49. The van der Waals surface area contributed by atoms with Gasteiger partial charge < -0.3 is 14.9 Å². The number of benzene rings is 2. The van der Waals surface area contributed by atoms with Crippen LogP contribution in [0, 0.1) is 34.9 Å². The molecule has 1 saturated carbocycles. The molecule has 2 saturated heterocycles. The molecule has 3 fully saturated rings. The summed E-state index contributed by atoms with van der Waals surface area (Å²) in [6, 6.07) is 10.8. The Morgan fingerprint density at radius 2 is 1.81 bits per heavy atom. The van der Waals surface area contributed by atoms with E-state index in [1.807, 2.05) is 12.1 Å². The van der Waals surface area contributed by atoms with Gasteiger partial charge in [0.15, 0.2) is 0 Å². The molecule has 2 aromatic rings. The van der Waals surface area contributed by atoms with Crippen LogP contribution in [-0.4, -0.2) is 64.5 Å². The Bertz CT molecular complexity index is 1680. The Kier molecular flexibility index (Phi) is 8.97. The van der Waals surface area contributed by atoms with E-state index in [-0.39, 0.29) is 61.5 Å². The smallest absolute Gasteiger partial charge is 0.303 e. The number of allylic oxidation sites excluding steroid dienone is 2. The van der Waals surface area contributed by atoms with Crippen LogP contribution in [-0.2, 0) is 24.0 Å². The van der Waals surface area contributed by atoms with Crippen LogP contribution in [0.4, 0.5) is 10.1 Å². The largest absolute Gasteiger partial charge is 0.491 e. The number of hydrogen-bond donors (Lipinski definition) is 2. The third-order valence-electron chi connectivity index (χ3n) is 10.4. The van der Waals surface area contributed by atoms with Gasteiger partial charge in [0.2, 0.25) is 23.6 Å². The maximum atomic E-state index is 14.6. The summed E-state index contributed by atoms with van der Waals surface area (Å²) in [6.45, 7) is 1.68. The lowest BCUT2D eigenvalue weighted by atomic mass is 9.51. The fraction of sp³-hybridized carbons (Fsp3) is 0.457. The van der Waals surface area contributed by atoms with Crippen molar-refractivity contribution in [1.29, 1.82) is 0 Å². The van der Waals surface area contributed by atoms with Crippen molar-refractivity contribution in [3.8, 4) is 5.75 Å². The number of carbonyl (C=O) groups excluding carboxylic acids is 4. The van der Waals surface area contributed by atoms with Crippen LogP contribution < -0.4 is 9.64 Å². The molecular weight excluding hydrogens is 631 g/mol. The number of aliphatic hydroxyl groups is 1. The molecule has 0 bridgehead atoms. The van der Waals surface area contributed by atoms with E-state index in [9.17, 15) is 33.5 Å². The zero-order valence-electron chi connectivity index (χ0n) is 25.9. The first kappa shape index (κ1) is 32.8. The Hall–Kier alpha value is -4.09. The highest BCUT2D eigenvalue weighted by atomic mass is 35.5. The van der Waals surface area contributed by atoms with Gasteiger partial charge in [0.05, 0.1) is 40.5 Å². The molecule has 0 aromatic heterocycles. The average Bonchev–Trinajstić information content (AvgIpc) is 3.40. The highest BCUT2D eigenvalue weighted by Crippen LogP contribution is 2.64. The number of para-hydroxylation sites is 1. The molecule has 4 amide bonds. The number of aliphatic hydroxyl groups excluding tert-OH is 1. The second-order valence-electron chi connectivity index (χ2n) is 12.9. The molecule has 47 heavy (non-hydrogen) atoms. The van der Waals surface area contributed by atoms with E-state index in [1.165, 1.54) is 17.0 Å². The van der Waals surface area contributed by atoms with Crippen LogP contribution in [0.2, 0.25) is 5.02 Å². The summed E-state index contributed by atoms with van der Waals surface area (Å²) >= 11 is 6.07. The molecule has 6 unspecified atom stereocenters. The fourth-order valence-corrected chi connectivity index (χ4v) is 8.42. The molecule has 248 valence electrons. The van der Waals surface area contributed by atoms with E-state index >= 15 is 0 Å². The molecule has 2 heterocycles. The lowest BCUT2D eigenvalue weighted by Gasteiger charge is -2.49. The van der Waals surface area contributed by atoms with Crippen LogP contribution in [0.25, 0.3) is 0 Å². The number of carboxylic acids is 1. The number of hydrogen-bond acceptors (Lipinski definition) is 7. The van der Waals surface area contributed by atoms with Gasteiger partial charge in [-0.15, -0.1) is 0 Å². The van der Waals surface area contributed by atoms with Crippen molar-refractivity contribution in [2.75, 3.05) is 24.7 Å². The summed E-state index contributed by atoms with van der Waals surface area (Å²) < 4.78 is 20.0. The van der Waals surface area contributed by atoms with E-state index in [1.54, 1.807) is 25.1 Å². The summed E-state index contributed by atoms with van der Waals surface area (Å²) in [5, 5.41) is 18.2. The number of carboxylic acid groups (broad SMARTS) is 1. The Balaban J connectivity index is 1.41. The molecule has 6 atom stereocenters. The Morgan fingerprint density at radius 1 is 1.04 bits per heavy atom. The first-order valence-corrected chi connectivity index (χ1v) is 16.3. The summed E-state index contributed by atoms with van der Waals surface area (Å²) in [4.78, 5) is 69.7. The summed E-state index contributed by atoms with van der Waals surface area (Å²) in [5.74, 6) is -6.20. The van der Waals surface area contributed by atoms with Gasteiger partial charge in [0.1, 0.15) is 18.2 Å². The number of halogens is 2. The van der Waals surface area contributed by atoms with Crippen LogP contribution in [0.1, 0.15) is 56.9 Å². The van der Waals surface area contributed by atoms with Crippen LogP contribution in [0.3, 0.4) is 0 Å². The van der Waals surface area contributed by atoms with Crippen LogP contribution in [0.15, 0.2) is 54.1 Å². The predicted octanol–water partition coefficient (Wildman–Crippen LogP) is 4.73. The van der Waals surface area contributed by atoms with Crippen molar-refractivity contribution < 1.29 is 43.3 Å². The zero-order chi connectivity index (χ0) is 33.6. The summed E-state index contributed by atoms with van der Waals surface area (Å²) in [7, 11) is 0. The normalized spacial score (nSPS) is 28.3. The minimum absolute atomic E-state index is 0.00144. The highest BCUT2D eigenvalue weighted by molar-refractivity contribution is 6.31. The van der Waals surface area contributed by atoms with Gasteiger partial charge in [0.25, 0.3) is 0 Å². The van der Waals surface area contributed by atoms with Crippen molar-refractivity contribution in [3.63, 3.8) is 0 Å². The third-order valence-corrected chi connectivity index (χ3v) is 10.7. The second-order valence-corrected chi connectivity index (χ2v) is 13.3. The number of anilines is 1. The van der Waals surface area contributed by atoms with Crippen molar-refractivity contribution in [2.24, 2.45) is 29.1 Å². The van der Waals surface area contributed by atoms with E-state index in [4.69, 9.17) is 21.4 Å². The standard InChI is InChI=1S/C35H36ClFN2O8/c1-35-24(32(44)39(34(35)46)19-10-13-26(37)25(36)17-19)18-23-20(30(35)21-7-4-5-8-27(21)47-16-15-40)11-12-22-29(23)33(45)38(31(22)43)14-6-2-3-9-28(41)42/h4-5,7-8,10-11,13,17,22-24,29-30,40H,2-3,6,9,12,14-16,18H2,1H3,(H,41,42). The van der Waals surface area contributed by atoms with Crippen molar-refractivity contribution in [3.05, 3.63) is 70.5 Å². The lowest BCUT2D eigenvalue weighted by molar-refractivity contribution is -0.141. The minimum Gasteiger partial charge on any atom is -0.491 e. The van der Waals surface area contributed by atoms with E-state index in [2.05, 4.69) is 0 Å². The number of likely N-dealkylation sites (tertiary alicyclic amines) is 1. The molecule has 0 radical (unpaired) electrons. The second kappa shape index (κ2) is 12.8. The number of rotatable bonds is 11. The topological polar surface area (TPSA) is 142 Å². The monoisotopic (exact) mass is 666 g/mol. The van der Waals surface area contributed by atoms with Crippen molar-refractivity contribution in [2.45, 2.75) is 51.4 Å². The van der Waals surface area contributed by atoms with Gasteiger partial charge in [-0.25, -0.2) is 9.29 Å². The number of amides is 4. The number of ether oxygens (including phenoxy) is 1. The molecule has 2 aliphatic carbocycles. The first-order chi connectivity index (χ1) is 22.5. The third kappa shape index (κ3) is 5.43. The fourth-order valence-electron chi connectivity index (χ4n) is 8.24. The van der Waals surface area contributed by atoms with Crippen LogP contribution in [0.5, 0.6) is 5.75 Å². The number of nitrogens with zero attached hydrogens (tertiary/aromatic N) is 2. The highest BCUT2D eigenvalue weighted by Gasteiger charge is 2.67. The minimum atomic E-state index is -1.33. The number of fused-ring (bicyclic) bond motifs is 4. The van der Waals surface area contributed by atoms with Crippen molar-refractivity contribution >= 4 is 46.9 Å². The van der Waals surface area contributed by atoms with E-state index in [0.29, 0.717) is 30.6 Å². The number of carbonyl (C=O) groups is 5. The SMILES string of the molecule is CC12C(=O)N(c3ccc(F)c(Cl)c3)C(=O)C1CC1C(=CCC3C(=O)N(CCCCCC(=O)O)C(=O)C31)C2c1ccccc1OCCO. The molecule has 10 nitrogen and oxygen atoms in total. The maximum absolute atomic E-state index is 14.6. The van der Waals surface area contributed by atoms with E-state index < -0.39 is 58.6 Å². The summed E-state index contributed by atoms with van der Waals surface area (Å²) in [6.07, 6.45) is 3.88. The molecule has 2 aromatic carbocycles. The molecule has 2 aliphatic heterocycles. The Labute approximate surface area is 276 Å². The molecular formula is C35H36ClFN2O8. The van der Waals surface area contributed by atoms with Gasteiger partial charge in [-0.1, -0.05) is 47.9 Å². The molecule has 12 heteroatoms. The van der Waals surface area contributed by atoms with Crippen molar-refractivity contribution in [1.82, 2.24) is 4.90 Å². The predicted molar refractivity (Wildman–Crippen MR) is 168 cm³/mol. The molecule has 4 aliphatic rings. The first-order valence-electron chi connectivity index (χ1n) is 15.9. The quantitative estimate of drug-likeness (QED) is 0.199. The van der Waals surface area contributed by atoms with Gasteiger partial charge in [-0.2, -0.15) is 0 Å². The number of unbranched alkanes of at least 4 members (excludes halogenated alkanes) is 2.